The Labute approximate surface area is 104 Å². The smallest absolute Gasteiger partial charge is 0.141 e. The van der Waals surface area contributed by atoms with E-state index in [0.717, 1.165) is 11.8 Å². The van der Waals surface area contributed by atoms with Crippen LogP contribution < -0.4 is 0 Å². The molecule has 0 aliphatic carbocycles. The van der Waals surface area contributed by atoms with E-state index in [-0.39, 0.29) is 12.2 Å². The van der Waals surface area contributed by atoms with Gasteiger partial charge in [-0.05, 0) is 36.8 Å². The lowest BCUT2D eigenvalue weighted by Crippen LogP contribution is -2.25. The first kappa shape index (κ1) is 12.6. The summed E-state index contributed by atoms with van der Waals surface area (Å²) >= 11 is 0. The lowest BCUT2D eigenvalue weighted by molar-refractivity contribution is 0.0529. The number of hydrogen-bond acceptors (Lipinski definition) is 2. The molecule has 2 nitrogen and oxygen atoms in total. The Hall–Kier alpha value is -1.81. The molecule has 4 heteroatoms. The van der Waals surface area contributed by atoms with Crippen LogP contribution in [0.1, 0.15) is 18.2 Å². The van der Waals surface area contributed by atoms with E-state index in [0.29, 0.717) is 5.69 Å². The highest BCUT2D eigenvalue weighted by atomic mass is 19.1. The van der Waals surface area contributed by atoms with Gasteiger partial charge in [0.15, 0.2) is 0 Å². The molecule has 0 fully saturated rings. The number of nitrogens with zero attached hydrogens (tertiary/aromatic N) is 1. The fourth-order valence-electron chi connectivity index (χ4n) is 1.78. The molecule has 1 aromatic carbocycles. The van der Waals surface area contributed by atoms with E-state index in [1.807, 2.05) is 0 Å². The number of rotatable bonds is 3. The molecule has 1 atom stereocenters. The molecule has 94 valence electrons. The Morgan fingerprint density at radius 3 is 2.22 bits per heavy atom. The van der Waals surface area contributed by atoms with Gasteiger partial charge in [-0.25, -0.2) is 8.78 Å². The van der Waals surface area contributed by atoms with Crippen molar-refractivity contribution in [2.45, 2.75) is 18.9 Å². The molecule has 1 aromatic heterocycles. The SMILES string of the molecule is CC(O)(Cc1ccc(F)cc1)c1ccc(F)cn1. The summed E-state index contributed by atoms with van der Waals surface area (Å²) in [6, 6.07) is 8.58. The molecule has 0 amide bonds. The molecule has 0 saturated carbocycles. The van der Waals surface area contributed by atoms with Gasteiger partial charge in [-0.1, -0.05) is 12.1 Å². The predicted octanol–water partition coefficient (Wildman–Crippen LogP) is 2.81. The van der Waals surface area contributed by atoms with Crippen LogP contribution in [0, 0.1) is 11.6 Å². The molecule has 1 unspecified atom stereocenters. The number of benzene rings is 1. The first-order chi connectivity index (χ1) is 8.47. The van der Waals surface area contributed by atoms with Crippen LogP contribution >= 0.6 is 0 Å². The molecular weight excluding hydrogens is 236 g/mol. The van der Waals surface area contributed by atoms with E-state index in [1.165, 1.54) is 24.3 Å². The van der Waals surface area contributed by atoms with Crippen LogP contribution in [0.25, 0.3) is 0 Å². The van der Waals surface area contributed by atoms with Crippen LogP contribution in [0.3, 0.4) is 0 Å². The van der Waals surface area contributed by atoms with Crippen molar-refractivity contribution in [3.63, 3.8) is 0 Å². The van der Waals surface area contributed by atoms with Crippen molar-refractivity contribution in [3.8, 4) is 0 Å². The second kappa shape index (κ2) is 4.82. The van der Waals surface area contributed by atoms with Crippen molar-refractivity contribution in [2.24, 2.45) is 0 Å². The van der Waals surface area contributed by atoms with Crippen LogP contribution in [0.2, 0.25) is 0 Å². The van der Waals surface area contributed by atoms with Gasteiger partial charge < -0.3 is 5.11 Å². The largest absolute Gasteiger partial charge is 0.383 e. The number of hydrogen-bond donors (Lipinski definition) is 1. The minimum Gasteiger partial charge on any atom is -0.383 e. The Bertz CT molecular complexity index is 520. The van der Waals surface area contributed by atoms with Gasteiger partial charge >= 0.3 is 0 Å². The Morgan fingerprint density at radius 2 is 1.67 bits per heavy atom. The summed E-state index contributed by atoms with van der Waals surface area (Å²) in [6.07, 6.45) is 1.35. The second-order valence-corrected chi connectivity index (χ2v) is 4.44. The molecular formula is C14H13F2NO. The molecule has 1 heterocycles. The van der Waals surface area contributed by atoms with Gasteiger partial charge in [0, 0.05) is 6.42 Å². The third-order valence-corrected chi connectivity index (χ3v) is 2.74. The fourth-order valence-corrected chi connectivity index (χ4v) is 1.78. The first-order valence-electron chi connectivity index (χ1n) is 5.56. The molecule has 0 radical (unpaired) electrons. The lowest BCUT2D eigenvalue weighted by atomic mass is 9.93. The second-order valence-electron chi connectivity index (χ2n) is 4.44. The highest BCUT2D eigenvalue weighted by molar-refractivity contribution is 5.22. The zero-order valence-electron chi connectivity index (χ0n) is 9.90. The Kier molecular flexibility index (Phi) is 3.39. The highest BCUT2D eigenvalue weighted by Gasteiger charge is 2.25. The lowest BCUT2D eigenvalue weighted by Gasteiger charge is -2.22. The molecule has 0 spiro atoms. The topological polar surface area (TPSA) is 33.1 Å². The maximum absolute atomic E-state index is 12.8. The van der Waals surface area contributed by atoms with Gasteiger partial charge in [-0.15, -0.1) is 0 Å². The zero-order valence-corrected chi connectivity index (χ0v) is 9.90. The van der Waals surface area contributed by atoms with Crippen LogP contribution in [0.4, 0.5) is 8.78 Å². The van der Waals surface area contributed by atoms with Gasteiger partial charge in [0.05, 0.1) is 11.9 Å². The van der Waals surface area contributed by atoms with Crippen molar-refractivity contribution in [3.05, 3.63) is 65.5 Å². The van der Waals surface area contributed by atoms with Gasteiger partial charge in [0.1, 0.15) is 17.2 Å². The van der Waals surface area contributed by atoms with E-state index in [2.05, 4.69) is 4.98 Å². The summed E-state index contributed by atoms with van der Waals surface area (Å²) < 4.78 is 25.5. The maximum Gasteiger partial charge on any atom is 0.141 e. The average molecular weight is 249 g/mol. The molecule has 2 rings (SSSR count). The van der Waals surface area contributed by atoms with E-state index >= 15 is 0 Å². The summed E-state index contributed by atoms with van der Waals surface area (Å²) in [4.78, 5) is 3.86. The summed E-state index contributed by atoms with van der Waals surface area (Å²) in [7, 11) is 0. The molecule has 2 aromatic rings. The van der Waals surface area contributed by atoms with Gasteiger partial charge in [0.2, 0.25) is 0 Å². The summed E-state index contributed by atoms with van der Waals surface area (Å²) in [5, 5.41) is 10.3. The number of halogens is 2. The highest BCUT2D eigenvalue weighted by Crippen LogP contribution is 2.23. The Morgan fingerprint density at radius 1 is 1.06 bits per heavy atom. The van der Waals surface area contributed by atoms with Crippen molar-refractivity contribution in [2.75, 3.05) is 0 Å². The van der Waals surface area contributed by atoms with E-state index in [1.54, 1.807) is 19.1 Å². The number of aromatic nitrogens is 1. The third kappa shape index (κ3) is 2.90. The molecule has 0 aliphatic rings. The maximum atomic E-state index is 12.8. The standard InChI is InChI=1S/C14H13F2NO/c1-14(18,13-7-6-12(16)9-17-13)8-10-2-4-11(15)5-3-10/h2-7,9,18H,8H2,1H3. The third-order valence-electron chi connectivity index (χ3n) is 2.74. The van der Waals surface area contributed by atoms with Crippen molar-refractivity contribution < 1.29 is 13.9 Å². The van der Waals surface area contributed by atoms with Crippen LogP contribution in [-0.4, -0.2) is 10.1 Å². The average Bonchev–Trinajstić information content (AvgIpc) is 2.32. The monoisotopic (exact) mass is 249 g/mol. The van der Waals surface area contributed by atoms with Gasteiger partial charge in [-0.3, -0.25) is 4.98 Å². The van der Waals surface area contributed by atoms with Crippen molar-refractivity contribution >= 4 is 0 Å². The Balaban J connectivity index is 2.20. The van der Waals surface area contributed by atoms with Crippen molar-refractivity contribution in [1.82, 2.24) is 4.98 Å². The molecule has 0 aliphatic heterocycles. The van der Waals surface area contributed by atoms with E-state index in [4.69, 9.17) is 0 Å². The molecule has 0 saturated heterocycles. The van der Waals surface area contributed by atoms with Crippen LogP contribution in [-0.2, 0) is 12.0 Å². The predicted molar refractivity (Wildman–Crippen MR) is 63.9 cm³/mol. The van der Waals surface area contributed by atoms with E-state index < -0.39 is 11.4 Å². The van der Waals surface area contributed by atoms with Crippen LogP contribution in [0.5, 0.6) is 0 Å². The summed E-state index contributed by atoms with van der Waals surface area (Å²) in [5.41, 5.74) is -0.0494. The van der Waals surface area contributed by atoms with Gasteiger partial charge in [-0.2, -0.15) is 0 Å². The fraction of sp³-hybridized carbons (Fsp3) is 0.214. The summed E-state index contributed by atoms with van der Waals surface area (Å²) in [5.74, 6) is -0.769. The zero-order chi connectivity index (χ0) is 13.2. The van der Waals surface area contributed by atoms with Crippen molar-refractivity contribution in [1.29, 1.82) is 0 Å². The molecule has 18 heavy (non-hydrogen) atoms. The molecule has 1 N–H and O–H groups in total. The number of aliphatic hydroxyl groups is 1. The van der Waals surface area contributed by atoms with Gasteiger partial charge in [0.25, 0.3) is 0 Å². The summed E-state index contributed by atoms with van der Waals surface area (Å²) in [6.45, 7) is 1.59. The first-order valence-corrected chi connectivity index (χ1v) is 5.56. The minimum atomic E-state index is -1.22. The van der Waals surface area contributed by atoms with E-state index in [9.17, 15) is 13.9 Å². The number of pyridine rings is 1. The van der Waals surface area contributed by atoms with Crippen LogP contribution in [0.15, 0.2) is 42.6 Å². The molecule has 0 bridgehead atoms. The quantitative estimate of drug-likeness (QED) is 0.907. The normalized spacial score (nSPS) is 14.2. The minimum absolute atomic E-state index is 0.284.